The van der Waals surface area contributed by atoms with Crippen molar-refractivity contribution in [3.8, 4) is 5.82 Å². The van der Waals surface area contributed by atoms with Crippen LogP contribution in [0.2, 0.25) is 0 Å². The van der Waals surface area contributed by atoms with E-state index >= 15 is 0 Å². The van der Waals surface area contributed by atoms with Crippen LogP contribution < -0.4 is 0 Å². The average molecular weight is 301 g/mol. The molecule has 22 heavy (non-hydrogen) atoms. The standard InChI is InChI=1S/C15H19N5O2/c1-19(8-12-3-2-4-13(12)21)15(22)11-5-6-17-14(7-11)20-10-16-9-18-20/h5-7,9-10,12-13,21H,2-4,8H2,1H3. The molecule has 0 bridgehead atoms. The van der Waals surface area contributed by atoms with E-state index in [0.717, 1.165) is 19.3 Å². The maximum atomic E-state index is 12.5. The maximum Gasteiger partial charge on any atom is 0.253 e. The predicted octanol–water partition coefficient (Wildman–Crippen LogP) is 0.895. The summed E-state index contributed by atoms with van der Waals surface area (Å²) in [4.78, 5) is 22.3. The van der Waals surface area contributed by atoms with Gasteiger partial charge in [-0.3, -0.25) is 4.79 Å². The molecule has 0 radical (unpaired) electrons. The van der Waals surface area contributed by atoms with Gasteiger partial charge in [-0.1, -0.05) is 6.42 Å². The zero-order valence-corrected chi connectivity index (χ0v) is 12.5. The largest absolute Gasteiger partial charge is 0.393 e. The monoisotopic (exact) mass is 301 g/mol. The molecule has 2 aromatic heterocycles. The molecule has 0 saturated heterocycles. The Kier molecular flexibility index (Phi) is 4.15. The number of amides is 1. The number of hydrogen-bond donors (Lipinski definition) is 1. The second kappa shape index (κ2) is 6.23. The quantitative estimate of drug-likeness (QED) is 0.907. The maximum absolute atomic E-state index is 12.5. The van der Waals surface area contributed by atoms with Crippen LogP contribution in [0.4, 0.5) is 0 Å². The molecule has 1 amide bonds. The van der Waals surface area contributed by atoms with Crippen molar-refractivity contribution in [2.45, 2.75) is 25.4 Å². The molecule has 3 rings (SSSR count). The van der Waals surface area contributed by atoms with Gasteiger partial charge in [0, 0.05) is 31.3 Å². The number of aromatic nitrogens is 4. The Morgan fingerprint density at radius 3 is 3.05 bits per heavy atom. The minimum Gasteiger partial charge on any atom is -0.393 e. The molecule has 2 heterocycles. The molecule has 1 aliphatic carbocycles. The Hall–Kier alpha value is -2.28. The van der Waals surface area contributed by atoms with Crippen LogP contribution >= 0.6 is 0 Å². The molecule has 1 fully saturated rings. The van der Waals surface area contributed by atoms with Crippen molar-refractivity contribution in [1.29, 1.82) is 0 Å². The first-order valence-electron chi connectivity index (χ1n) is 7.40. The summed E-state index contributed by atoms with van der Waals surface area (Å²) in [7, 11) is 1.77. The number of hydrogen-bond acceptors (Lipinski definition) is 5. The van der Waals surface area contributed by atoms with E-state index in [1.807, 2.05) is 0 Å². The lowest BCUT2D eigenvalue weighted by molar-refractivity contribution is 0.0693. The highest BCUT2D eigenvalue weighted by Gasteiger charge is 2.27. The number of pyridine rings is 1. The van der Waals surface area contributed by atoms with Crippen LogP contribution in [-0.2, 0) is 0 Å². The Labute approximate surface area is 128 Å². The lowest BCUT2D eigenvalue weighted by atomic mass is 10.1. The summed E-state index contributed by atoms with van der Waals surface area (Å²) < 4.78 is 1.51. The van der Waals surface area contributed by atoms with E-state index in [1.54, 1.807) is 30.3 Å². The summed E-state index contributed by atoms with van der Waals surface area (Å²) in [6, 6.07) is 3.38. The number of nitrogens with zero attached hydrogens (tertiary/aromatic N) is 5. The SMILES string of the molecule is CN(CC1CCCC1O)C(=O)c1ccnc(-n2cncn2)c1. The predicted molar refractivity (Wildman–Crippen MR) is 79.5 cm³/mol. The van der Waals surface area contributed by atoms with Crippen molar-refractivity contribution in [2.75, 3.05) is 13.6 Å². The van der Waals surface area contributed by atoms with Crippen molar-refractivity contribution >= 4 is 5.91 Å². The van der Waals surface area contributed by atoms with Gasteiger partial charge in [0.25, 0.3) is 5.91 Å². The molecule has 116 valence electrons. The minimum atomic E-state index is -0.293. The molecular formula is C15H19N5O2. The number of carbonyl (C=O) groups is 1. The summed E-state index contributed by atoms with van der Waals surface area (Å²) in [5.41, 5.74) is 0.551. The van der Waals surface area contributed by atoms with E-state index < -0.39 is 0 Å². The zero-order chi connectivity index (χ0) is 15.5. The van der Waals surface area contributed by atoms with Crippen molar-refractivity contribution in [3.05, 3.63) is 36.5 Å². The van der Waals surface area contributed by atoms with Gasteiger partial charge >= 0.3 is 0 Å². The van der Waals surface area contributed by atoms with Gasteiger partial charge in [-0.05, 0) is 25.0 Å². The first-order valence-corrected chi connectivity index (χ1v) is 7.40. The summed E-state index contributed by atoms with van der Waals surface area (Å²) in [6.07, 6.45) is 7.08. The number of aliphatic hydroxyl groups excluding tert-OH is 1. The van der Waals surface area contributed by atoms with E-state index in [0.29, 0.717) is 17.9 Å². The van der Waals surface area contributed by atoms with Gasteiger partial charge in [0.1, 0.15) is 12.7 Å². The van der Waals surface area contributed by atoms with Crippen LogP contribution in [0.25, 0.3) is 5.82 Å². The smallest absolute Gasteiger partial charge is 0.253 e. The summed E-state index contributed by atoms with van der Waals surface area (Å²) in [5, 5.41) is 13.9. The molecule has 1 saturated carbocycles. The van der Waals surface area contributed by atoms with Gasteiger partial charge in [-0.15, -0.1) is 0 Å². The highest BCUT2D eigenvalue weighted by molar-refractivity contribution is 5.94. The number of rotatable bonds is 4. The van der Waals surface area contributed by atoms with Gasteiger partial charge in [0.2, 0.25) is 0 Å². The number of aliphatic hydroxyl groups is 1. The second-order valence-corrected chi connectivity index (χ2v) is 5.69. The lowest BCUT2D eigenvalue weighted by Crippen LogP contribution is -2.34. The topological polar surface area (TPSA) is 84.1 Å². The van der Waals surface area contributed by atoms with Crippen molar-refractivity contribution in [3.63, 3.8) is 0 Å². The molecule has 2 unspecified atom stereocenters. The Bertz CT molecular complexity index is 643. The fraction of sp³-hybridized carbons (Fsp3) is 0.467. The second-order valence-electron chi connectivity index (χ2n) is 5.69. The highest BCUT2D eigenvalue weighted by atomic mass is 16.3. The summed E-state index contributed by atoms with van der Waals surface area (Å²) in [5.74, 6) is 0.645. The highest BCUT2D eigenvalue weighted by Crippen LogP contribution is 2.26. The van der Waals surface area contributed by atoms with E-state index in [-0.39, 0.29) is 17.9 Å². The van der Waals surface area contributed by atoms with E-state index in [9.17, 15) is 9.90 Å². The molecule has 2 atom stereocenters. The molecule has 0 aliphatic heterocycles. The van der Waals surface area contributed by atoms with Gasteiger partial charge in [-0.2, -0.15) is 5.10 Å². The van der Waals surface area contributed by atoms with Crippen LogP contribution in [0.1, 0.15) is 29.6 Å². The molecule has 1 aliphatic rings. The van der Waals surface area contributed by atoms with Gasteiger partial charge in [-0.25, -0.2) is 14.6 Å². The first kappa shape index (κ1) is 14.6. The van der Waals surface area contributed by atoms with E-state index in [2.05, 4.69) is 15.1 Å². The van der Waals surface area contributed by atoms with E-state index in [1.165, 1.54) is 17.3 Å². The molecule has 0 aromatic carbocycles. The Morgan fingerprint density at radius 1 is 1.50 bits per heavy atom. The third-order valence-electron chi connectivity index (χ3n) is 4.12. The molecule has 7 heteroatoms. The number of carbonyl (C=O) groups excluding carboxylic acids is 1. The Balaban J connectivity index is 1.73. The van der Waals surface area contributed by atoms with Crippen LogP contribution in [0.15, 0.2) is 31.0 Å². The van der Waals surface area contributed by atoms with Crippen LogP contribution in [-0.4, -0.2) is 55.4 Å². The van der Waals surface area contributed by atoms with Gasteiger partial charge in [0.05, 0.1) is 6.10 Å². The summed E-state index contributed by atoms with van der Waals surface area (Å²) >= 11 is 0. The fourth-order valence-corrected chi connectivity index (χ4v) is 2.89. The Morgan fingerprint density at radius 2 is 2.36 bits per heavy atom. The van der Waals surface area contributed by atoms with E-state index in [4.69, 9.17) is 0 Å². The summed E-state index contributed by atoms with van der Waals surface area (Å²) in [6.45, 7) is 0.570. The average Bonchev–Trinajstić information content (AvgIpc) is 3.19. The third-order valence-corrected chi connectivity index (χ3v) is 4.12. The van der Waals surface area contributed by atoms with Crippen LogP contribution in [0, 0.1) is 5.92 Å². The molecule has 1 N–H and O–H groups in total. The molecular weight excluding hydrogens is 282 g/mol. The minimum absolute atomic E-state index is 0.0807. The first-order chi connectivity index (χ1) is 10.6. The van der Waals surface area contributed by atoms with Crippen LogP contribution in [0.3, 0.4) is 0 Å². The molecule has 2 aromatic rings. The van der Waals surface area contributed by atoms with Crippen molar-refractivity contribution < 1.29 is 9.90 Å². The van der Waals surface area contributed by atoms with Gasteiger partial charge < -0.3 is 10.0 Å². The fourth-order valence-electron chi connectivity index (χ4n) is 2.89. The lowest BCUT2D eigenvalue weighted by Gasteiger charge is -2.23. The van der Waals surface area contributed by atoms with Crippen LogP contribution in [0.5, 0.6) is 0 Å². The third kappa shape index (κ3) is 2.99. The molecule has 0 spiro atoms. The molecule has 7 nitrogen and oxygen atoms in total. The zero-order valence-electron chi connectivity index (χ0n) is 12.5. The normalized spacial score (nSPS) is 21.0. The van der Waals surface area contributed by atoms with Crippen molar-refractivity contribution in [1.82, 2.24) is 24.6 Å². The van der Waals surface area contributed by atoms with Gasteiger partial charge in [0.15, 0.2) is 5.82 Å². The van der Waals surface area contributed by atoms with Crippen molar-refractivity contribution in [2.24, 2.45) is 5.92 Å².